The first-order chi connectivity index (χ1) is 12.4. The molecule has 0 fully saturated rings. The van der Waals surface area contributed by atoms with E-state index in [9.17, 15) is 14.0 Å². The number of nitrogens with one attached hydrogen (secondary N) is 1. The fourth-order valence-electron chi connectivity index (χ4n) is 2.42. The first kappa shape index (κ1) is 18.0. The average molecular weight is 388 g/mol. The molecular formula is C18H13FN2O3S2. The number of benzene rings is 1. The Morgan fingerprint density at radius 3 is 2.81 bits per heavy atom. The number of aryl methyl sites for hydroxylation is 1. The molecule has 5 nitrogen and oxygen atoms in total. The van der Waals surface area contributed by atoms with Crippen LogP contribution >= 0.6 is 22.7 Å². The van der Waals surface area contributed by atoms with E-state index >= 15 is 0 Å². The molecule has 1 atom stereocenters. The molecule has 0 saturated carbocycles. The topological polar surface area (TPSA) is 79.2 Å². The quantitative estimate of drug-likeness (QED) is 0.669. The fraction of sp³-hybridized carbons (Fsp3) is 0.167. The highest BCUT2D eigenvalue weighted by molar-refractivity contribution is 7.21. The number of nitriles is 1. The predicted octanol–water partition coefficient (Wildman–Crippen LogP) is 4.47. The Morgan fingerprint density at radius 2 is 2.12 bits per heavy atom. The molecule has 0 aliphatic rings. The van der Waals surface area contributed by atoms with Crippen molar-refractivity contribution < 1.29 is 18.7 Å². The van der Waals surface area contributed by atoms with Crippen LogP contribution < -0.4 is 5.32 Å². The monoisotopic (exact) mass is 388 g/mol. The molecule has 1 unspecified atom stereocenters. The average Bonchev–Trinajstić information content (AvgIpc) is 3.19. The molecule has 3 aromatic rings. The summed E-state index contributed by atoms with van der Waals surface area (Å²) in [6, 6.07) is 8.19. The summed E-state index contributed by atoms with van der Waals surface area (Å²) in [5.74, 6) is -1.62. The molecule has 1 aromatic carbocycles. The molecular weight excluding hydrogens is 375 g/mol. The number of rotatable bonds is 4. The predicted molar refractivity (Wildman–Crippen MR) is 99.1 cm³/mol. The number of amides is 1. The normalized spacial score (nSPS) is 11.8. The van der Waals surface area contributed by atoms with Crippen LogP contribution in [-0.4, -0.2) is 18.0 Å². The second-order valence-corrected chi connectivity index (χ2v) is 7.45. The van der Waals surface area contributed by atoms with Crippen LogP contribution in [-0.2, 0) is 9.53 Å². The smallest absolute Gasteiger partial charge is 0.349 e. The number of carbonyl (C=O) groups is 2. The Morgan fingerprint density at radius 1 is 1.35 bits per heavy atom. The molecule has 2 heterocycles. The van der Waals surface area contributed by atoms with Crippen LogP contribution in [0.25, 0.3) is 10.1 Å². The van der Waals surface area contributed by atoms with Crippen LogP contribution in [0.1, 0.15) is 27.7 Å². The molecule has 3 rings (SSSR count). The van der Waals surface area contributed by atoms with E-state index in [1.807, 2.05) is 6.07 Å². The molecule has 8 heteroatoms. The molecule has 0 aliphatic heterocycles. The van der Waals surface area contributed by atoms with Gasteiger partial charge in [-0.25, -0.2) is 9.18 Å². The SMILES string of the molecule is Cc1c(C(=O)OC(C)C(=O)Nc2sccc2C#N)sc2cccc(F)c12. The van der Waals surface area contributed by atoms with Gasteiger partial charge in [0, 0.05) is 10.1 Å². The second kappa shape index (κ2) is 7.23. The Labute approximate surface area is 156 Å². The summed E-state index contributed by atoms with van der Waals surface area (Å²) < 4.78 is 19.8. The third kappa shape index (κ3) is 3.31. The van der Waals surface area contributed by atoms with E-state index in [2.05, 4.69) is 5.32 Å². The first-order valence-electron chi connectivity index (χ1n) is 7.59. The number of carbonyl (C=O) groups excluding carboxylic acids is 2. The molecule has 0 spiro atoms. The van der Waals surface area contributed by atoms with Crippen molar-refractivity contribution in [2.75, 3.05) is 5.32 Å². The molecule has 2 aromatic heterocycles. The van der Waals surface area contributed by atoms with Gasteiger partial charge in [0.2, 0.25) is 0 Å². The lowest BCUT2D eigenvalue weighted by atomic mass is 10.1. The molecule has 132 valence electrons. The van der Waals surface area contributed by atoms with Gasteiger partial charge in [0.1, 0.15) is 21.8 Å². The maximum atomic E-state index is 14.0. The lowest BCUT2D eigenvalue weighted by Crippen LogP contribution is -2.29. The van der Waals surface area contributed by atoms with E-state index < -0.39 is 23.8 Å². The van der Waals surface area contributed by atoms with E-state index in [0.717, 1.165) is 11.3 Å². The van der Waals surface area contributed by atoms with Crippen LogP contribution in [0.5, 0.6) is 0 Å². The van der Waals surface area contributed by atoms with E-state index in [1.165, 1.54) is 24.3 Å². The van der Waals surface area contributed by atoms with Crippen molar-refractivity contribution in [3.63, 3.8) is 0 Å². The Kier molecular flexibility index (Phi) is 5.02. The zero-order valence-corrected chi connectivity index (χ0v) is 15.5. The first-order valence-corrected chi connectivity index (χ1v) is 9.29. The summed E-state index contributed by atoms with van der Waals surface area (Å²) in [6.07, 6.45) is -1.06. The standard InChI is InChI=1S/C18H13FN2O3S2/c1-9-14-12(19)4-3-5-13(14)26-15(9)18(23)24-10(2)16(22)21-17-11(8-20)6-7-25-17/h3-7,10H,1-2H3,(H,21,22). The van der Waals surface area contributed by atoms with Gasteiger partial charge in [-0.1, -0.05) is 6.07 Å². The van der Waals surface area contributed by atoms with E-state index in [0.29, 0.717) is 26.2 Å². The third-order valence-corrected chi connectivity index (χ3v) is 5.83. The lowest BCUT2D eigenvalue weighted by Gasteiger charge is -2.12. The van der Waals surface area contributed by atoms with Gasteiger partial charge >= 0.3 is 5.97 Å². The summed E-state index contributed by atoms with van der Waals surface area (Å²) in [7, 11) is 0. The van der Waals surface area contributed by atoms with Crippen molar-refractivity contribution in [3.05, 3.63) is 51.5 Å². The zero-order chi connectivity index (χ0) is 18.8. The van der Waals surface area contributed by atoms with Gasteiger partial charge in [-0.2, -0.15) is 5.26 Å². The number of hydrogen-bond donors (Lipinski definition) is 1. The van der Waals surface area contributed by atoms with Crippen molar-refractivity contribution in [2.45, 2.75) is 20.0 Å². The van der Waals surface area contributed by atoms with Gasteiger partial charge in [-0.3, -0.25) is 4.79 Å². The van der Waals surface area contributed by atoms with Crippen LogP contribution in [0.3, 0.4) is 0 Å². The van der Waals surface area contributed by atoms with Crippen molar-refractivity contribution in [1.29, 1.82) is 5.26 Å². The van der Waals surface area contributed by atoms with Crippen LogP contribution in [0.2, 0.25) is 0 Å². The van der Waals surface area contributed by atoms with Gasteiger partial charge in [-0.05, 0) is 43.0 Å². The van der Waals surface area contributed by atoms with Crippen molar-refractivity contribution >= 4 is 49.6 Å². The lowest BCUT2D eigenvalue weighted by molar-refractivity contribution is -0.123. The molecule has 1 N–H and O–H groups in total. The van der Waals surface area contributed by atoms with Crippen molar-refractivity contribution in [1.82, 2.24) is 0 Å². The molecule has 0 radical (unpaired) electrons. The molecule has 1 amide bonds. The Balaban J connectivity index is 1.75. The van der Waals surface area contributed by atoms with E-state index in [4.69, 9.17) is 10.00 Å². The maximum absolute atomic E-state index is 14.0. The van der Waals surface area contributed by atoms with Gasteiger partial charge in [0.25, 0.3) is 5.91 Å². The third-order valence-electron chi connectivity index (χ3n) is 3.76. The number of ether oxygens (including phenoxy) is 1. The molecule has 0 aliphatic carbocycles. The van der Waals surface area contributed by atoms with Gasteiger partial charge in [0.05, 0.1) is 5.56 Å². The largest absolute Gasteiger partial charge is 0.448 e. The highest BCUT2D eigenvalue weighted by Gasteiger charge is 2.24. The number of halogens is 1. The molecule has 0 saturated heterocycles. The van der Waals surface area contributed by atoms with Gasteiger partial charge in [0.15, 0.2) is 6.10 Å². The Bertz CT molecular complexity index is 1050. The minimum Gasteiger partial charge on any atom is -0.448 e. The van der Waals surface area contributed by atoms with Gasteiger partial charge in [-0.15, -0.1) is 22.7 Å². The minimum atomic E-state index is -1.06. The van der Waals surface area contributed by atoms with Crippen molar-refractivity contribution in [2.24, 2.45) is 0 Å². The molecule has 26 heavy (non-hydrogen) atoms. The maximum Gasteiger partial charge on any atom is 0.349 e. The van der Waals surface area contributed by atoms with Gasteiger partial charge < -0.3 is 10.1 Å². The fourth-order valence-corrected chi connectivity index (χ4v) is 4.27. The highest BCUT2D eigenvalue weighted by Crippen LogP contribution is 2.33. The number of fused-ring (bicyclic) bond motifs is 1. The number of esters is 1. The summed E-state index contributed by atoms with van der Waals surface area (Å²) in [6.45, 7) is 3.09. The summed E-state index contributed by atoms with van der Waals surface area (Å²) in [5, 5.41) is 14.0. The number of nitrogens with zero attached hydrogens (tertiary/aromatic N) is 1. The van der Waals surface area contributed by atoms with E-state index in [-0.39, 0.29) is 4.88 Å². The zero-order valence-electron chi connectivity index (χ0n) is 13.8. The van der Waals surface area contributed by atoms with E-state index in [1.54, 1.807) is 30.5 Å². The van der Waals surface area contributed by atoms with Crippen LogP contribution in [0.4, 0.5) is 9.39 Å². The second-order valence-electron chi connectivity index (χ2n) is 5.48. The van der Waals surface area contributed by atoms with Crippen LogP contribution in [0, 0.1) is 24.1 Å². The number of anilines is 1. The minimum absolute atomic E-state index is 0.263. The van der Waals surface area contributed by atoms with Crippen molar-refractivity contribution in [3.8, 4) is 6.07 Å². The van der Waals surface area contributed by atoms with Crippen LogP contribution in [0.15, 0.2) is 29.6 Å². The summed E-state index contributed by atoms with van der Waals surface area (Å²) in [4.78, 5) is 24.9. The summed E-state index contributed by atoms with van der Waals surface area (Å²) >= 11 is 2.33. The number of thiophene rings is 2. The number of hydrogen-bond acceptors (Lipinski definition) is 6. The highest BCUT2D eigenvalue weighted by atomic mass is 32.1. The Hall–Kier alpha value is -2.76. The molecule has 0 bridgehead atoms. The summed E-state index contributed by atoms with van der Waals surface area (Å²) in [5.41, 5.74) is 0.837.